The van der Waals surface area contributed by atoms with Crippen LogP contribution >= 0.6 is 0 Å². The van der Waals surface area contributed by atoms with Crippen LogP contribution in [0.15, 0.2) is 23.1 Å². The summed E-state index contributed by atoms with van der Waals surface area (Å²) < 4.78 is 27.2. The molecule has 3 amide bonds. The third-order valence-corrected chi connectivity index (χ3v) is 8.61. The quantitative estimate of drug-likeness (QED) is 0.644. The molecule has 9 heteroatoms. The number of aryl methyl sites for hydroxylation is 1. The Bertz CT molecular complexity index is 963. The summed E-state index contributed by atoms with van der Waals surface area (Å²) in [6.07, 6.45) is 3.21. The minimum atomic E-state index is -3.69. The maximum Gasteiger partial charge on any atom is 0.247 e. The molecular formula is C22H31N3O5S. The minimum absolute atomic E-state index is 0.126. The third-order valence-electron chi connectivity index (χ3n) is 6.42. The number of likely N-dealkylation sites (tertiary alicyclic amines) is 1. The van der Waals surface area contributed by atoms with Crippen molar-refractivity contribution in [2.24, 2.45) is 11.8 Å². The molecule has 3 atom stereocenters. The molecule has 0 unspecified atom stereocenters. The lowest BCUT2D eigenvalue weighted by atomic mass is 9.81. The van der Waals surface area contributed by atoms with E-state index in [1.165, 1.54) is 17.3 Å². The number of hydrogen-bond donors (Lipinski definition) is 1. The summed E-state index contributed by atoms with van der Waals surface area (Å²) in [4.78, 5) is 39.6. The molecule has 1 aromatic rings. The fraction of sp³-hybridized carbons (Fsp3) is 0.591. The van der Waals surface area contributed by atoms with Crippen molar-refractivity contribution in [3.05, 3.63) is 23.8 Å². The van der Waals surface area contributed by atoms with E-state index in [4.69, 9.17) is 0 Å². The molecule has 0 spiro atoms. The van der Waals surface area contributed by atoms with E-state index in [2.05, 4.69) is 5.32 Å². The van der Waals surface area contributed by atoms with Gasteiger partial charge in [0.2, 0.25) is 27.7 Å². The largest absolute Gasteiger partial charge is 0.324 e. The molecule has 0 bridgehead atoms. The van der Waals surface area contributed by atoms with Gasteiger partial charge in [-0.25, -0.2) is 8.42 Å². The summed E-state index contributed by atoms with van der Waals surface area (Å²) in [7, 11) is -3.69. The monoisotopic (exact) mass is 449 g/mol. The first kappa shape index (κ1) is 23.4. The Morgan fingerprint density at radius 1 is 1.13 bits per heavy atom. The topological polar surface area (TPSA) is 104 Å². The lowest BCUT2D eigenvalue weighted by Crippen LogP contribution is -2.46. The minimum Gasteiger partial charge on any atom is -0.324 e. The summed E-state index contributed by atoms with van der Waals surface area (Å²) >= 11 is 0. The summed E-state index contributed by atoms with van der Waals surface area (Å²) in [6, 6.07) is 3.72. The first-order valence-corrected chi connectivity index (χ1v) is 12.4. The van der Waals surface area contributed by atoms with Crippen molar-refractivity contribution in [2.75, 3.05) is 18.4 Å². The predicted octanol–water partition coefficient (Wildman–Crippen LogP) is 2.53. The molecule has 1 N–H and O–H groups in total. The molecule has 1 aliphatic heterocycles. The maximum absolute atomic E-state index is 12.9. The fourth-order valence-electron chi connectivity index (χ4n) is 4.59. The van der Waals surface area contributed by atoms with Gasteiger partial charge in [-0.2, -0.15) is 4.31 Å². The van der Waals surface area contributed by atoms with E-state index in [-0.39, 0.29) is 28.5 Å². The number of sulfonamides is 1. The van der Waals surface area contributed by atoms with Crippen molar-refractivity contribution in [2.45, 2.75) is 64.3 Å². The molecule has 1 heterocycles. The zero-order valence-corrected chi connectivity index (χ0v) is 19.4. The molecule has 3 rings (SSSR count). The van der Waals surface area contributed by atoms with Crippen molar-refractivity contribution in [1.29, 1.82) is 0 Å². The van der Waals surface area contributed by atoms with Crippen molar-refractivity contribution < 1.29 is 22.8 Å². The number of benzene rings is 1. The van der Waals surface area contributed by atoms with Crippen LogP contribution < -0.4 is 5.32 Å². The summed E-state index contributed by atoms with van der Waals surface area (Å²) in [6.45, 7) is 7.45. The molecule has 1 saturated carbocycles. The van der Waals surface area contributed by atoms with Crippen molar-refractivity contribution in [1.82, 2.24) is 9.21 Å². The first-order chi connectivity index (χ1) is 14.6. The number of amides is 3. The highest BCUT2D eigenvalue weighted by Crippen LogP contribution is 2.39. The van der Waals surface area contributed by atoms with Crippen LogP contribution in [-0.2, 0) is 24.4 Å². The van der Waals surface area contributed by atoms with E-state index < -0.39 is 22.0 Å². The third kappa shape index (κ3) is 4.25. The summed E-state index contributed by atoms with van der Waals surface area (Å²) in [5, 5.41) is 2.69. The van der Waals surface area contributed by atoms with Crippen LogP contribution in [0, 0.1) is 18.8 Å². The lowest BCUT2D eigenvalue weighted by Gasteiger charge is -2.23. The van der Waals surface area contributed by atoms with Crippen LogP contribution in [0.5, 0.6) is 0 Å². The van der Waals surface area contributed by atoms with Gasteiger partial charge in [-0.3, -0.25) is 19.3 Å². The Balaban J connectivity index is 1.81. The van der Waals surface area contributed by atoms with E-state index in [1.807, 2.05) is 0 Å². The highest BCUT2D eigenvalue weighted by Gasteiger charge is 2.50. The van der Waals surface area contributed by atoms with Gasteiger partial charge in [0.15, 0.2) is 0 Å². The Hall–Kier alpha value is -2.26. The fourth-order valence-corrected chi connectivity index (χ4v) is 6.30. The number of carbonyl (C=O) groups is 3. The molecule has 0 aromatic heterocycles. The van der Waals surface area contributed by atoms with Gasteiger partial charge in [0.1, 0.15) is 6.04 Å². The number of fused-ring (bicyclic) bond motifs is 1. The number of anilines is 1. The zero-order valence-electron chi connectivity index (χ0n) is 18.6. The highest BCUT2D eigenvalue weighted by molar-refractivity contribution is 7.89. The van der Waals surface area contributed by atoms with Gasteiger partial charge < -0.3 is 5.32 Å². The normalized spacial score (nSPS) is 22.5. The number of rotatable bonds is 7. The molecule has 2 fully saturated rings. The molecule has 1 aromatic carbocycles. The smallest absolute Gasteiger partial charge is 0.247 e. The number of hydrogen-bond acceptors (Lipinski definition) is 5. The standard InChI is InChI=1S/C22H31N3O5S/c1-5-24(6-2)31(29,30)19-13-16(12-11-14(19)3)23-20(26)15(4)25-21(27)17-9-7-8-10-18(17)22(25)28/h11-13,15,17-18H,5-10H2,1-4H3,(H,23,26)/t15-,17-,18+/m1/s1. The summed E-state index contributed by atoms with van der Waals surface area (Å²) in [5.41, 5.74) is 0.886. The lowest BCUT2D eigenvalue weighted by molar-refractivity contribution is -0.146. The Kier molecular flexibility index (Phi) is 6.85. The Labute approximate surface area is 184 Å². The van der Waals surface area contributed by atoms with E-state index >= 15 is 0 Å². The Morgan fingerprint density at radius 2 is 1.68 bits per heavy atom. The molecule has 1 aliphatic carbocycles. The second-order valence-electron chi connectivity index (χ2n) is 8.28. The second kappa shape index (κ2) is 9.08. The first-order valence-electron chi connectivity index (χ1n) is 10.9. The van der Waals surface area contributed by atoms with Crippen LogP contribution in [0.1, 0.15) is 52.0 Å². The van der Waals surface area contributed by atoms with Crippen LogP contribution in [-0.4, -0.2) is 54.5 Å². The van der Waals surface area contributed by atoms with E-state index in [0.717, 1.165) is 17.7 Å². The van der Waals surface area contributed by atoms with Gasteiger partial charge in [-0.15, -0.1) is 0 Å². The molecular weight excluding hydrogens is 418 g/mol. The SMILES string of the molecule is CCN(CC)S(=O)(=O)c1cc(NC(=O)[C@@H](C)N2C(=O)[C@H]3CCCC[C@H]3C2=O)ccc1C. The molecule has 0 radical (unpaired) electrons. The number of nitrogens with zero attached hydrogens (tertiary/aromatic N) is 2. The second-order valence-corrected chi connectivity index (χ2v) is 10.2. The van der Waals surface area contributed by atoms with E-state index in [0.29, 0.717) is 37.2 Å². The number of imide groups is 1. The summed E-state index contributed by atoms with van der Waals surface area (Å²) in [5.74, 6) is -1.70. The van der Waals surface area contributed by atoms with E-state index in [9.17, 15) is 22.8 Å². The van der Waals surface area contributed by atoms with Crippen molar-refractivity contribution in [3.8, 4) is 0 Å². The zero-order chi connectivity index (χ0) is 22.9. The number of carbonyl (C=O) groups excluding carboxylic acids is 3. The maximum atomic E-state index is 12.9. The van der Waals surface area contributed by atoms with E-state index in [1.54, 1.807) is 32.9 Å². The van der Waals surface area contributed by atoms with Crippen LogP contribution in [0.3, 0.4) is 0 Å². The van der Waals surface area contributed by atoms with Crippen molar-refractivity contribution in [3.63, 3.8) is 0 Å². The van der Waals surface area contributed by atoms with Crippen molar-refractivity contribution >= 4 is 33.4 Å². The molecule has 2 aliphatic rings. The Morgan fingerprint density at radius 3 is 2.19 bits per heavy atom. The molecule has 8 nitrogen and oxygen atoms in total. The predicted molar refractivity (Wildman–Crippen MR) is 117 cm³/mol. The van der Waals surface area contributed by atoms with Gasteiger partial charge in [0.05, 0.1) is 16.7 Å². The van der Waals surface area contributed by atoms with Crippen LogP contribution in [0.25, 0.3) is 0 Å². The average molecular weight is 450 g/mol. The van der Waals surface area contributed by atoms with Gasteiger partial charge in [-0.05, 0) is 44.4 Å². The van der Waals surface area contributed by atoms with Gasteiger partial charge in [0, 0.05) is 18.8 Å². The molecule has 31 heavy (non-hydrogen) atoms. The van der Waals surface area contributed by atoms with Gasteiger partial charge in [0.25, 0.3) is 0 Å². The van der Waals surface area contributed by atoms with Gasteiger partial charge >= 0.3 is 0 Å². The van der Waals surface area contributed by atoms with Crippen LogP contribution in [0.4, 0.5) is 5.69 Å². The molecule has 1 saturated heterocycles. The number of nitrogens with one attached hydrogen (secondary N) is 1. The highest BCUT2D eigenvalue weighted by atomic mass is 32.2. The average Bonchev–Trinajstić information content (AvgIpc) is 3.00. The van der Waals surface area contributed by atoms with Gasteiger partial charge in [-0.1, -0.05) is 32.8 Å². The van der Waals surface area contributed by atoms with Crippen LogP contribution in [0.2, 0.25) is 0 Å². The molecule has 170 valence electrons.